The van der Waals surface area contributed by atoms with Crippen LogP contribution in [-0.2, 0) is 11.3 Å². The molecular formula is C14H21NO2S. The molecule has 0 saturated heterocycles. The van der Waals surface area contributed by atoms with Gasteiger partial charge in [0.2, 0.25) is 5.91 Å². The van der Waals surface area contributed by atoms with Gasteiger partial charge >= 0.3 is 0 Å². The maximum Gasteiger partial charge on any atom is 0.235 e. The van der Waals surface area contributed by atoms with Crippen LogP contribution < -0.4 is 4.74 Å². The van der Waals surface area contributed by atoms with Crippen molar-refractivity contribution in [2.45, 2.75) is 25.6 Å². The minimum absolute atomic E-state index is 0.0594. The number of carbonyl (C=O) groups is 1. The molecular weight excluding hydrogens is 246 g/mol. The van der Waals surface area contributed by atoms with E-state index in [1.807, 2.05) is 38.1 Å². The predicted octanol–water partition coefficient (Wildman–Crippen LogP) is 2.61. The van der Waals surface area contributed by atoms with Gasteiger partial charge in [0.05, 0.1) is 12.4 Å². The summed E-state index contributed by atoms with van der Waals surface area (Å²) in [7, 11) is 3.44. The summed E-state index contributed by atoms with van der Waals surface area (Å²) >= 11 is 4.35. The van der Waals surface area contributed by atoms with E-state index in [9.17, 15) is 4.79 Å². The van der Waals surface area contributed by atoms with E-state index >= 15 is 0 Å². The van der Waals surface area contributed by atoms with Crippen molar-refractivity contribution in [3.8, 4) is 5.75 Å². The first-order valence-corrected chi connectivity index (χ1v) is 6.53. The Bertz CT molecular complexity index is 389. The first kappa shape index (κ1) is 14.9. The zero-order valence-electron chi connectivity index (χ0n) is 11.4. The van der Waals surface area contributed by atoms with Crippen LogP contribution in [-0.4, -0.2) is 30.2 Å². The van der Waals surface area contributed by atoms with Gasteiger partial charge in [-0.05, 0) is 23.6 Å². The van der Waals surface area contributed by atoms with Crippen LogP contribution in [0, 0.1) is 5.92 Å². The van der Waals surface area contributed by atoms with E-state index in [0.29, 0.717) is 6.54 Å². The summed E-state index contributed by atoms with van der Waals surface area (Å²) in [6.45, 7) is 4.58. The van der Waals surface area contributed by atoms with E-state index in [1.165, 1.54) is 0 Å². The lowest BCUT2D eigenvalue weighted by Gasteiger charge is -2.23. The molecule has 1 aromatic rings. The maximum absolute atomic E-state index is 12.0. The highest BCUT2D eigenvalue weighted by molar-refractivity contribution is 7.81. The van der Waals surface area contributed by atoms with Crippen molar-refractivity contribution in [2.75, 3.05) is 14.2 Å². The normalized spacial score (nSPS) is 12.3. The first-order valence-electron chi connectivity index (χ1n) is 6.01. The second-order valence-corrected chi connectivity index (χ2v) is 5.29. The molecule has 0 aromatic heterocycles. The van der Waals surface area contributed by atoms with Crippen LogP contribution in [0.1, 0.15) is 19.4 Å². The molecule has 1 rings (SSSR count). The quantitative estimate of drug-likeness (QED) is 0.831. The van der Waals surface area contributed by atoms with Gasteiger partial charge in [-0.15, -0.1) is 0 Å². The highest BCUT2D eigenvalue weighted by atomic mass is 32.1. The fourth-order valence-electron chi connectivity index (χ4n) is 1.59. The van der Waals surface area contributed by atoms with Gasteiger partial charge in [0.15, 0.2) is 0 Å². The topological polar surface area (TPSA) is 29.5 Å². The van der Waals surface area contributed by atoms with E-state index < -0.39 is 0 Å². The SMILES string of the molecule is COc1ccc(CN(C)C(=O)C(S)C(C)C)cc1. The number of hydrogen-bond acceptors (Lipinski definition) is 3. The number of carbonyl (C=O) groups excluding carboxylic acids is 1. The van der Waals surface area contributed by atoms with Gasteiger partial charge in [0.1, 0.15) is 5.75 Å². The molecule has 4 heteroatoms. The number of hydrogen-bond donors (Lipinski definition) is 1. The Hall–Kier alpha value is -1.16. The molecule has 18 heavy (non-hydrogen) atoms. The molecule has 0 aliphatic rings. The number of benzene rings is 1. The van der Waals surface area contributed by atoms with E-state index in [4.69, 9.17) is 4.74 Å². The van der Waals surface area contributed by atoms with E-state index in [1.54, 1.807) is 19.1 Å². The molecule has 0 heterocycles. The molecule has 0 fully saturated rings. The monoisotopic (exact) mass is 267 g/mol. The third-order valence-corrected chi connectivity index (χ3v) is 3.66. The molecule has 0 aliphatic carbocycles. The Labute approximate surface area is 115 Å². The van der Waals surface area contributed by atoms with Gasteiger partial charge in [0.25, 0.3) is 0 Å². The van der Waals surface area contributed by atoms with E-state index in [-0.39, 0.29) is 17.1 Å². The molecule has 1 amide bonds. The van der Waals surface area contributed by atoms with Gasteiger partial charge in [-0.25, -0.2) is 0 Å². The number of rotatable bonds is 5. The Morgan fingerprint density at radius 3 is 2.33 bits per heavy atom. The van der Waals surface area contributed by atoms with Crippen molar-refractivity contribution < 1.29 is 9.53 Å². The summed E-state index contributed by atoms with van der Waals surface area (Å²) in [6.07, 6.45) is 0. The molecule has 0 radical (unpaired) electrons. The Morgan fingerprint density at radius 1 is 1.33 bits per heavy atom. The predicted molar refractivity (Wildman–Crippen MR) is 77.1 cm³/mol. The van der Waals surface area contributed by atoms with Crippen LogP contribution in [0.5, 0.6) is 5.75 Å². The first-order chi connectivity index (χ1) is 8.45. The van der Waals surface area contributed by atoms with Crippen LogP contribution in [0.3, 0.4) is 0 Å². The van der Waals surface area contributed by atoms with Crippen molar-refractivity contribution in [1.82, 2.24) is 4.90 Å². The largest absolute Gasteiger partial charge is 0.497 e. The van der Waals surface area contributed by atoms with Gasteiger partial charge in [-0.2, -0.15) is 12.6 Å². The third kappa shape index (κ3) is 3.95. The van der Waals surface area contributed by atoms with Gasteiger partial charge in [0, 0.05) is 13.6 Å². The number of methoxy groups -OCH3 is 1. The number of thiol groups is 1. The summed E-state index contributed by atoms with van der Waals surface area (Å²) in [5.41, 5.74) is 1.08. The third-order valence-electron chi connectivity index (χ3n) is 2.84. The zero-order chi connectivity index (χ0) is 13.7. The summed E-state index contributed by atoms with van der Waals surface area (Å²) < 4.78 is 5.10. The van der Waals surface area contributed by atoms with Crippen molar-refractivity contribution in [3.63, 3.8) is 0 Å². The number of ether oxygens (including phenoxy) is 1. The van der Waals surface area contributed by atoms with Crippen LogP contribution in [0.15, 0.2) is 24.3 Å². The molecule has 100 valence electrons. The minimum Gasteiger partial charge on any atom is -0.497 e. The summed E-state index contributed by atoms with van der Waals surface area (Å²) in [6, 6.07) is 7.72. The zero-order valence-corrected chi connectivity index (χ0v) is 12.3. The summed E-state index contributed by atoms with van der Waals surface area (Å²) in [5, 5.41) is -0.242. The molecule has 0 N–H and O–H groups in total. The van der Waals surface area contributed by atoms with Crippen LogP contribution >= 0.6 is 12.6 Å². The second-order valence-electron chi connectivity index (χ2n) is 4.73. The van der Waals surface area contributed by atoms with Crippen molar-refractivity contribution in [3.05, 3.63) is 29.8 Å². The van der Waals surface area contributed by atoms with E-state index in [2.05, 4.69) is 12.6 Å². The lowest BCUT2D eigenvalue weighted by Crippen LogP contribution is -2.35. The molecule has 1 aromatic carbocycles. The maximum atomic E-state index is 12.0. The second kappa shape index (κ2) is 6.69. The van der Waals surface area contributed by atoms with Crippen LogP contribution in [0.2, 0.25) is 0 Å². The van der Waals surface area contributed by atoms with Gasteiger partial charge < -0.3 is 9.64 Å². The average molecular weight is 267 g/mol. The van der Waals surface area contributed by atoms with Gasteiger partial charge in [-0.3, -0.25) is 4.79 Å². The Balaban J connectivity index is 2.63. The Kier molecular flexibility index (Phi) is 5.54. The summed E-state index contributed by atoms with van der Waals surface area (Å²) in [5.74, 6) is 1.12. The lowest BCUT2D eigenvalue weighted by molar-refractivity contribution is -0.130. The highest BCUT2D eigenvalue weighted by Gasteiger charge is 2.21. The minimum atomic E-state index is -0.242. The fourth-order valence-corrected chi connectivity index (χ4v) is 1.79. The van der Waals surface area contributed by atoms with Crippen LogP contribution in [0.25, 0.3) is 0 Å². The smallest absolute Gasteiger partial charge is 0.235 e. The van der Waals surface area contributed by atoms with Crippen molar-refractivity contribution in [1.29, 1.82) is 0 Å². The van der Waals surface area contributed by atoms with E-state index in [0.717, 1.165) is 11.3 Å². The molecule has 1 unspecified atom stereocenters. The fraction of sp³-hybridized carbons (Fsp3) is 0.500. The molecule has 3 nitrogen and oxygen atoms in total. The molecule has 0 saturated carbocycles. The number of nitrogens with zero attached hydrogens (tertiary/aromatic N) is 1. The highest BCUT2D eigenvalue weighted by Crippen LogP contribution is 2.15. The molecule has 0 bridgehead atoms. The lowest BCUT2D eigenvalue weighted by atomic mass is 10.1. The van der Waals surface area contributed by atoms with Crippen LogP contribution in [0.4, 0.5) is 0 Å². The summed E-state index contributed by atoms with van der Waals surface area (Å²) in [4.78, 5) is 13.7. The average Bonchev–Trinajstić information content (AvgIpc) is 2.37. The molecule has 0 aliphatic heterocycles. The molecule has 0 spiro atoms. The van der Waals surface area contributed by atoms with Gasteiger partial charge in [-0.1, -0.05) is 26.0 Å². The van der Waals surface area contributed by atoms with Crippen molar-refractivity contribution in [2.24, 2.45) is 5.92 Å². The Morgan fingerprint density at radius 2 is 1.89 bits per heavy atom. The molecule has 1 atom stereocenters. The standard InChI is InChI=1S/C14H21NO2S/c1-10(2)13(18)14(16)15(3)9-11-5-7-12(17-4)8-6-11/h5-8,10,13,18H,9H2,1-4H3. The number of amides is 1. The van der Waals surface area contributed by atoms with Crippen molar-refractivity contribution >= 4 is 18.5 Å².